The molecule has 0 aromatic heterocycles. The molecule has 6 heteroatoms. The molecule has 2 amide bonds. The number of aryl methyl sites for hydroxylation is 1. The van der Waals surface area contributed by atoms with Gasteiger partial charge in [-0.1, -0.05) is 17.7 Å². The molecule has 4 N–H and O–H groups in total. The number of rotatable bonds is 1. The van der Waals surface area contributed by atoms with Crippen LogP contribution in [0.15, 0.2) is 18.2 Å². The molecule has 5 nitrogen and oxygen atoms in total. The van der Waals surface area contributed by atoms with E-state index in [0.29, 0.717) is 10.7 Å². The molecule has 0 fully saturated rings. The highest BCUT2D eigenvalue weighted by Gasteiger charge is 2.14. The molecular formula is C13H19ClN4O. The number of amides is 2. The number of carbonyl (C=O) groups is 1. The van der Waals surface area contributed by atoms with Crippen molar-refractivity contribution in [3.63, 3.8) is 0 Å². The smallest absolute Gasteiger partial charge is 0.321 e. The van der Waals surface area contributed by atoms with E-state index in [1.54, 1.807) is 12.1 Å². The Hall–Kier alpha value is -1.75. The van der Waals surface area contributed by atoms with Crippen LogP contribution in [0.5, 0.6) is 0 Å². The van der Waals surface area contributed by atoms with E-state index in [1.165, 1.54) is 0 Å². The SMILES string of the molecule is Cc1ccc(Cl)cc1NC(=N)NC(=O)NC(C)(C)C. The van der Waals surface area contributed by atoms with E-state index in [4.69, 9.17) is 17.0 Å². The Labute approximate surface area is 118 Å². The summed E-state index contributed by atoms with van der Waals surface area (Å²) in [6, 6.07) is 4.89. The maximum absolute atomic E-state index is 11.6. The van der Waals surface area contributed by atoms with Gasteiger partial charge in [0.15, 0.2) is 0 Å². The van der Waals surface area contributed by atoms with Crippen molar-refractivity contribution in [2.24, 2.45) is 0 Å². The van der Waals surface area contributed by atoms with Crippen LogP contribution in [0.1, 0.15) is 26.3 Å². The molecule has 0 atom stereocenters. The Morgan fingerprint density at radius 1 is 1.32 bits per heavy atom. The Bertz CT molecular complexity index is 494. The lowest BCUT2D eigenvalue weighted by atomic mass is 10.1. The summed E-state index contributed by atoms with van der Waals surface area (Å²) in [7, 11) is 0. The fourth-order valence-corrected chi connectivity index (χ4v) is 1.55. The first-order chi connectivity index (χ1) is 8.67. The predicted molar refractivity (Wildman–Crippen MR) is 79.0 cm³/mol. The standard InChI is InChI=1S/C13H19ClN4O/c1-8-5-6-9(14)7-10(8)16-11(15)17-12(19)18-13(2,3)4/h5-7H,1-4H3,(H4,15,16,17,18,19). The summed E-state index contributed by atoms with van der Waals surface area (Å²) >= 11 is 5.88. The zero-order chi connectivity index (χ0) is 14.6. The second-order valence-corrected chi connectivity index (χ2v) is 5.72. The number of halogens is 1. The summed E-state index contributed by atoms with van der Waals surface area (Å²) in [4.78, 5) is 11.6. The van der Waals surface area contributed by atoms with Crippen LogP contribution in [0.3, 0.4) is 0 Å². The minimum atomic E-state index is -0.426. The summed E-state index contributed by atoms with van der Waals surface area (Å²) in [6.45, 7) is 7.49. The van der Waals surface area contributed by atoms with E-state index in [0.717, 1.165) is 5.56 Å². The van der Waals surface area contributed by atoms with Crippen molar-refractivity contribution >= 4 is 29.3 Å². The number of carbonyl (C=O) groups excluding carboxylic acids is 1. The second kappa shape index (κ2) is 5.93. The van der Waals surface area contributed by atoms with Gasteiger partial charge in [0.25, 0.3) is 0 Å². The van der Waals surface area contributed by atoms with Crippen molar-refractivity contribution in [2.45, 2.75) is 33.2 Å². The minimum Gasteiger partial charge on any atom is -0.333 e. The average Bonchev–Trinajstić information content (AvgIpc) is 2.20. The van der Waals surface area contributed by atoms with E-state index in [1.807, 2.05) is 33.8 Å². The second-order valence-electron chi connectivity index (χ2n) is 5.29. The fourth-order valence-electron chi connectivity index (χ4n) is 1.38. The molecule has 104 valence electrons. The minimum absolute atomic E-state index is 0.105. The topological polar surface area (TPSA) is 77.0 Å². The summed E-state index contributed by atoms with van der Waals surface area (Å²) in [5, 5.41) is 16.2. The van der Waals surface area contributed by atoms with Gasteiger partial charge in [0.1, 0.15) is 0 Å². The predicted octanol–water partition coefficient (Wildman–Crippen LogP) is 3.09. The zero-order valence-electron chi connectivity index (χ0n) is 11.5. The Morgan fingerprint density at radius 2 is 1.95 bits per heavy atom. The zero-order valence-corrected chi connectivity index (χ0v) is 12.3. The maximum atomic E-state index is 11.6. The number of nitrogens with one attached hydrogen (secondary N) is 4. The molecule has 0 unspecified atom stereocenters. The Morgan fingerprint density at radius 3 is 2.53 bits per heavy atom. The number of guanidine groups is 1. The molecule has 0 spiro atoms. The van der Waals surface area contributed by atoms with Crippen LogP contribution in [-0.2, 0) is 0 Å². The molecule has 19 heavy (non-hydrogen) atoms. The van der Waals surface area contributed by atoms with Crippen molar-refractivity contribution in [1.29, 1.82) is 5.41 Å². The van der Waals surface area contributed by atoms with Crippen molar-refractivity contribution in [1.82, 2.24) is 10.6 Å². The van der Waals surface area contributed by atoms with E-state index in [9.17, 15) is 4.79 Å². The molecule has 0 bridgehead atoms. The van der Waals surface area contributed by atoms with Gasteiger partial charge in [-0.25, -0.2) is 4.79 Å². The summed E-state index contributed by atoms with van der Waals surface area (Å²) in [5.74, 6) is -0.105. The van der Waals surface area contributed by atoms with Gasteiger partial charge in [-0.3, -0.25) is 10.7 Å². The quantitative estimate of drug-likeness (QED) is 0.472. The lowest BCUT2D eigenvalue weighted by molar-refractivity contribution is 0.236. The number of anilines is 1. The van der Waals surface area contributed by atoms with Crippen molar-refractivity contribution < 1.29 is 4.79 Å². The Kier molecular flexibility index (Phi) is 4.78. The molecule has 0 saturated carbocycles. The number of hydrogen-bond donors (Lipinski definition) is 4. The van der Waals surface area contributed by atoms with Gasteiger partial charge < -0.3 is 10.6 Å². The number of benzene rings is 1. The van der Waals surface area contributed by atoms with E-state index >= 15 is 0 Å². The maximum Gasteiger partial charge on any atom is 0.321 e. The molecule has 0 heterocycles. The first-order valence-electron chi connectivity index (χ1n) is 5.88. The number of hydrogen-bond acceptors (Lipinski definition) is 2. The van der Waals surface area contributed by atoms with Crippen molar-refractivity contribution in [2.75, 3.05) is 5.32 Å². The highest BCUT2D eigenvalue weighted by Crippen LogP contribution is 2.19. The monoisotopic (exact) mass is 282 g/mol. The lowest BCUT2D eigenvalue weighted by Gasteiger charge is -2.21. The van der Waals surface area contributed by atoms with Crippen LogP contribution in [0.4, 0.5) is 10.5 Å². The normalized spacial score (nSPS) is 10.8. The van der Waals surface area contributed by atoms with Crippen LogP contribution < -0.4 is 16.0 Å². The first-order valence-corrected chi connectivity index (χ1v) is 6.26. The summed E-state index contributed by atoms with van der Waals surface area (Å²) in [6.07, 6.45) is 0. The van der Waals surface area contributed by atoms with Gasteiger partial charge in [0.2, 0.25) is 5.96 Å². The van der Waals surface area contributed by atoms with Gasteiger partial charge in [-0.2, -0.15) is 0 Å². The molecular weight excluding hydrogens is 264 g/mol. The third kappa shape index (κ3) is 5.61. The largest absolute Gasteiger partial charge is 0.333 e. The summed E-state index contributed by atoms with van der Waals surface area (Å²) < 4.78 is 0. The van der Waals surface area contributed by atoms with Gasteiger partial charge in [0.05, 0.1) is 0 Å². The molecule has 1 aromatic carbocycles. The van der Waals surface area contributed by atoms with Gasteiger partial charge in [0, 0.05) is 16.2 Å². The van der Waals surface area contributed by atoms with Crippen LogP contribution in [0.2, 0.25) is 5.02 Å². The first kappa shape index (κ1) is 15.3. The Balaban J connectivity index is 2.61. The van der Waals surface area contributed by atoms with Gasteiger partial charge in [-0.05, 0) is 45.4 Å². The molecule has 1 rings (SSSR count). The summed E-state index contributed by atoms with van der Waals surface area (Å²) in [5.41, 5.74) is 1.27. The van der Waals surface area contributed by atoms with Gasteiger partial charge in [-0.15, -0.1) is 0 Å². The number of urea groups is 1. The molecule has 0 aliphatic rings. The van der Waals surface area contributed by atoms with E-state index in [2.05, 4.69) is 16.0 Å². The van der Waals surface area contributed by atoms with Crippen LogP contribution >= 0.6 is 11.6 Å². The molecule has 0 aliphatic heterocycles. The molecule has 0 saturated heterocycles. The average molecular weight is 283 g/mol. The van der Waals surface area contributed by atoms with Crippen LogP contribution in [0.25, 0.3) is 0 Å². The third-order valence-corrected chi connectivity index (χ3v) is 2.42. The van der Waals surface area contributed by atoms with Crippen molar-refractivity contribution in [3.05, 3.63) is 28.8 Å². The van der Waals surface area contributed by atoms with E-state index in [-0.39, 0.29) is 11.5 Å². The van der Waals surface area contributed by atoms with Crippen molar-refractivity contribution in [3.8, 4) is 0 Å². The third-order valence-electron chi connectivity index (χ3n) is 2.19. The highest BCUT2D eigenvalue weighted by atomic mass is 35.5. The van der Waals surface area contributed by atoms with Crippen LogP contribution in [0, 0.1) is 12.3 Å². The molecule has 0 radical (unpaired) electrons. The van der Waals surface area contributed by atoms with E-state index < -0.39 is 6.03 Å². The van der Waals surface area contributed by atoms with Gasteiger partial charge >= 0.3 is 6.03 Å². The fraction of sp³-hybridized carbons (Fsp3) is 0.385. The highest BCUT2D eigenvalue weighted by molar-refractivity contribution is 6.31. The lowest BCUT2D eigenvalue weighted by Crippen LogP contribution is -2.49. The van der Waals surface area contributed by atoms with Crippen LogP contribution in [-0.4, -0.2) is 17.5 Å². The molecule has 1 aromatic rings. The molecule has 0 aliphatic carbocycles.